The van der Waals surface area contributed by atoms with Crippen molar-refractivity contribution in [3.05, 3.63) is 66.2 Å². The van der Waals surface area contributed by atoms with Gasteiger partial charge in [-0.3, -0.25) is 13.9 Å². The zero-order chi connectivity index (χ0) is 27.3. The number of methoxy groups -OCH3 is 1. The zero-order valence-electron chi connectivity index (χ0n) is 22.1. The fraction of sp³-hybridized carbons (Fsp3) is 0.379. The first kappa shape index (κ1) is 27.4. The van der Waals surface area contributed by atoms with E-state index in [1.54, 1.807) is 30.2 Å². The van der Waals surface area contributed by atoms with Crippen LogP contribution in [-0.4, -0.2) is 51.4 Å². The number of ether oxygens (including phenoxy) is 1. The molecule has 9 heteroatoms. The maximum Gasteiger partial charge on any atom is 0.265 e. The number of nitrogens with zero attached hydrogens (tertiary/aromatic N) is 2. The Bertz CT molecular complexity index is 1420. The minimum Gasteiger partial charge on any atom is -0.497 e. The highest BCUT2D eigenvalue weighted by atomic mass is 32.2. The number of carbonyl (C=O) groups is 2. The lowest BCUT2D eigenvalue weighted by Crippen LogP contribution is -2.49. The van der Waals surface area contributed by atoms with Crippen LogP contribution >= 0.6 is 0 Å². The van der Waals surface area contributed by atoms with Gasteiger partial charge in [0.2, 0.25) is 11.8 Å². The van der Waals surface area contributed by atoms with Crippen LogP contribution < -0.4 is 14.4 Å². The van der Waals surface area contributed by atoms with E-state index < -0.39 is 16.1 Å². The van der Waals surface area contributed by atoms with E-state index in [4.69, 9.17) is 4.74 Å². The van der Waals surface area contributed by atoms with E-state index in [2.05, 4.69) is 5.32 Å². The summed E-state index contributed by atoms with van der Waals surface area (Å²) in [4.78, 5) is 28.5. The fourth-order valence-electron chi connectivity index (χ4n) is 4.97. The number of nitrogens with one attached hydrogen (secondary N) is 1. The van der Waals surface area contributed by atoms with Crippen molar-refractivity contribution in [3.8, 4) is 5.75 Å². The van der Waals surface area contributed by atoms with Crippen LogP contribution in [0.4, 0.5) is 5.69 Å². The molecule has 8 nitrogen and oxygen atoms in total. The summed E-state index contributed by atoms with van der Waals surface area (Å²) < 4.78 is 33.3. The summed E-state index contributed by atoms with van der Waals surface area (Å²) in [5, 5.41) is 4.51. The number of sulfonamides is 1. The maximum absolute atomic E-state index is 13.6. The van der Waals surface area contributed by atoms with Gasteiger partial charge < -0.3 is 15.0 Å². The van der Waals surface area contributed by atoms with Crippen LogP contribution in [0.15, 0.2) is 65.6 Å². The van der Waals surface area contributed by atoms with E-state index in [9.17, 15) is 18.0 Å². The summed E-state index contributed by atoms with van der Waals surface area (Å²) in [6, 6.07) is 17.6. The monoisotopic (exact) mass is 537 g/mol. The molecule has 0 saturated heterocycles. The third kappa shape index (κ3) is 5.48. The van der Waals surface area contributed by atoms with Crippen molar-refractivity contribution in [3.63, 3.8) is 0 Å². The topological polar surface area (TPSA) is 96.0 Å². The maximum atomic E-state index is 13.6. The molecule has 202 valence electrons. The van der Waals surface area contributed by atoms with E-state index in [-0.39, 0.29) is 31.3 Å². The average molecular weight is 538 g/mol. The predicted octanol–water partition coefficient (Wildman–Crippen LogP) is 4.47. The van der Waals surface area contributed by atoms with Crippen molar-refractivity contribution >= 4 is 38.3 Å². The van der Waals surface area contributed by atoms with Crippen molar-refractivity contribution in [2.24, 2.45) is 0 Å². The van der Waals surface area contributed by atoms with Crippen LogP contribution in [0, 0.1) is 0 Å². The molecule has 3 aromatic rings. The molecule has 4 rings (SSSR count). The molecule has 3 aromatic carbocycles. The van der Waals surface area contributed by atoms with Crippen molar-refractivity contribution in [1.82, 2.24) is 10.2 Å². The molecular formula is C29H35N3O5S. The van der Waals surface area contributed by atoms with Crippen LogP contribution in [0.1, 0.15) is 45.1 Å². The van der Waals surface area contributed by atoms with Gasteiger partial charge in [0, 0.05) is 31.4 Å². The van der Waals surface area contributed by atoms with E-state index >= 15 is 0 Å². The number of hydrogen-bond acceptors (Lipinski definition) is 5. The van der Waals surface area contributed by atoms with Gasteiger partial charge in [0.25, 0.3) is 10.0 Å². The average Bonchev–Trinajstić information content (AvgIpc) is 3.14. The first-order chi connectivity index (χ1) is 18.3. The van der Waals surface area contributed by atoms with Crippen molar-refractivity contribution in [2.75, 3.05) is 24.5 Å². The highest BCUT2D eigenvalue weighted by Gasteiger charge is 2.35. The van der Waals surface area contributed by atoms with Gasteiger partial charge in [-0.15, -0.1) is 0 Å². The standard InChI is InChI=1S/C29H35N3O5S/c1-4-17-30-29(34)24(5-2)31(20-21-10-6-13-23(19-21)37-3)27(33)16-9-18-32-25-14-7-11-22-12-8-15-26(28(22)25)38(32,35)36/h6-8,10-15,19,24H,4-5,9,16-18,20H2,1-3H3,(H,30,34)/t24-/m1/s1. The molecule has 0 aromatic heterocycles. The van der Waals surface area contributed by atoms with Gasteiger partial charge >= 0.3 is 0 Å². The van der Waals surface area contributed by atoms with E-state index in [1.807, 2.05) is 56.3 Å². The molecule has 0 aliphatic carbocycles. The number of amides is 2. The minimum atomic E-state index is -3.69. The van der Waals surface area contributed by atoms with Gasteiger partial charge in [0.05, 0.1) is 17.7 Å². The lowest BCUT2D eigenvalue weighted by atomic mass is 10.1. The number of carbonyl (C=O) groups excluding carboxylic acids is 2. The molecule has 1 atom stereocenters. The number of anilines is 1. The van der Waals surface area contributed by atoms with E-state index in [1.165, 1.54) is 4.31 Å². The van der Waals surface area contributed by atoms with Crippen LogP contribution in [0.25, 0.3) is 10.8 Å². The Labute approximate surface area is 224 Å². The highest BCUT2D eigenvalue weighted by Crippen LogP contribution is 2.42. The Morgan fingerprint density at radius 1 is 1.05 bits per heavy atom. The van der Waals surface area contributed by atoms with Crippen molar-refractivity contribution in [2.45, 2.75) is 57.0 Å². The Morgan fingerprint density at radius 3 is 2.50 bits per heavy atom. The van der Waals surface area contributed by atoms with Gasteiger partial charge in [-0.1, -0.05) is 50.2 Å². The van der Waals surface area contributed by atoms with Gasteiger partial charge in [0.1, 0.15) is 11.8 Å². The third-order valence-electron chi connectivity index (χ3n) is 6.86. The van der Waals surface area contributed by atoms with Crippen LogP contribution in [0.3, 0.4) is 0 Å². The van der Waals surface area contributed by atoms with Gasteiger partial charge in [0.15, 0.2) is 0 Å². The summed E-state index contributed by atoms with van der Waals surface area (Å²) in [6.07, 6.45) is 1.69. The van der Waals surface area contributed by atoms with Gasteiger partial charge in [-0.05, 0) is 54.5 Å². The number of hydrogen-bond donors (Lipinski definition) is 1. The Balaban J connectivity index is 1.52. The second-order valence-electron chi connectivity index (χ2n) is 9.40. The normalized spacial score (nSPS) is 14.3. The largest absolute Gasteiger partial charge is 0.497 e. The Hall–Kier alpha value is -3.59. The zero-order valence-corrected chi connectivity index (χ0v) is 23.0. The van der Waals surface area contributed by atoms with Crippen molar-refractivity contribution < 1.29 is 22.7 Å². The molecular weight excluding hydrogens is 502 g/mol. The molecule has 1 aliphatic rings. The van der Waals surface area contributed by atoms with E-state index in [0.717, 1.165) is 22.8 Å². The SMILES string of the molecule is CCCNC(=O)[C@@H](CC)N(Cc1cccc(OC)c1)C(=O)CCCN1c2cccc3cccc(c23)S1(=O)=O. The van der Waals surface area contributed by atoms with Crippen molar-refractivity contribution in [1.29, 1.82) is 0 Å². The number of benzene rings is 3. The Kier molecular flexibility index (Phi) is 8.56. The molecule has 0 unspecified atom stereocenters. The molecule has 0 radical (unpaired) electrons. The quantitative estimate of drug-likeness (QED) is 0.368. The van der Waals surface area contributed by atoms with Crippen LogP contribution in [0.2, 0.25) is 0 Å². The molecule has 1 heterocycles. The lowest BCUT2D eigenvalue weighted by Gasteiger charge is -2.31. The summed E-state index contributed by atoms with van der Waals surface area (Å²) in [5.74, 6) is 0.292. The van der Waals surface area contributed by atoms with E-state index in [0.29, 0.717) is 35.7 Å². The molecule has 2 amide bonds. The summed E-state index contributed by atoms with van der Waals surface area (Å²) in [5.41, 5.74) is 1.49. The minimum absolute atomic E-state index is 0.111. The molecule has 0 saturated carbocycles. The summed E-state index contributed by atoms with van der Waals surface area (Å²) >= 11 is 0. The second kappa shape index (κ2) is 11.9. The predicted molar refractivity (Wildman–Crippen MR) is 149 cm³/mol. The Morgan fingerprint density at radius 2 is 1.79 bits per heavy atom. The summed E-state index contributed by atoms with van der Waals surface area (Å²) in [7, 11) is -2.10. The molecule has 0 bridgehead atoms. The fourth-order valence-corrected chi connectivity index (χ4v) is 6.72. The van der Waals surface area contributed by atoms with Crippen LogP contribution in [-0.2, 0) is 26.2 Å². The molecule has 38 heavy (non-hydrogen) atoms. The van der Waals surface area contributed by atoms with Gasteiger partial charge in [-0.25, -0.2) is 8.42 Å². The molecule has 1 aliphatic heterocycles. The smallest absolute Gasteiger partial charge is 0.265 e. The van der Waals surface area contributed by atoms with Gasteiger partial charge in [-0.2, -0.15) is 0 Å². The van der Waals surface area contributed by atoms with Crippen LogP contribution in [0.5, 0.6) is 5.75 Å². The highest BCUT2D eigenvalue weighted by molar-refractivity contribution is 7.93. The molecule has 0 fully saturated rings. The molecule has 0 spiro atoms. The first-order valence-corrected chi connectivity index (χ1v) is 14.5. The second-order valence-corrected chi connectivity index (χ2v) is 11.2. The third-order valence-corrected chi connectivity index (χ3v) is 8.71. The summed E-state index contributed by atoms with van der Waals surface area (Å²) in [6.45, 7) is 4.83. The lowest BCUT2D eigenvalue weighted by molar-refractivity contribution is -0.141. The first-order valence-electron chi connectivity index (χ1n) is 13.1. The number of rotatable bonds is 12. The molecule has 1 N–H and O–H groups in total.